The molecule has 1 atom stereocenters. The second-order valence-electron chi connectivity index (χ2n) is 5.58. The van der Waals surface area contributed by atoms with Crippen LogP contribution in [0, 0.1) is 0 Å². The summed E-state index contributed by atoms with van der Waals surface area (Å²) in [7, 11) is -2.15. The Balaban J connectivity index is 1.77. The minimum atomic E-state index is -3.66. The first kappa shape index (κ1) is 21.0. The van der Waals surface area contributed by atoms with Crippen molar-refractivity contribution < 1.29 is 22.7 Å². The molecule has 0 heterocycles. The SMILES string of the molecule is COc1ccc(S(=O)(=O)NCCNC(=O)C(C)Oc2ccc(Cl)cc2)cc1. The third-order valence-corrected chi connectivity index (χ3v) is 5.31. The van der Waals surface area contributed by atoms with Crippen molar-refractivity contribution in [2.45, 2.75) is 17.9 Å². The molecule has 2 N–H and O–H groups in total. The van der Waals surface area contributed by atoms with Crippen LogP contribution in [0.3, 0.4) is 0 Å². The number of halogens is 1. The van der Waals surface area contributed by atoms with Gasteiger partial charge in [0, 0.05) is 18.1 Å². The van der Waals surface area contributed by atoms with E-state index in [2.05, 4.69) is 10.0 Å². The van der Waals surface area contributed by atoms with Gasteiger partial charge in [0.25, 0.3) is 5.91 Å². The van der Waals surface area contributed by atoms with Gasteiger partial charge in [0.2, 0.25) is 10.0 Å². The summed E-state index contributed by atoms with van der Waals surface area (Å²) in [5.74, 6) is 0.728. The van der Waals surface area contributed by atoms with Crippen LogP contribution in [0.25, 0.3) is 0 Å². The lowest BCUT2D eigenvalue weighted by atomic mass is 10.3. The first-order valence-corrected chi connectivity index (χ1v) is 10.0. The van der Waals surface area contributed by atoms with E-state index in [0.29, 0.717) is 16.5 Å². The highest BCUT2D eigenvalue weighted by atomic mass is 35.5. The van der Waals surface area contributed by atoms with Crippen LogP contribution in [-0.4, -0.2) is 40.6 Å². The molecule has 2 aromatic carbocycles. The molecule has 146 valence electrons. The highest BCUT2D eigenvalue weighted by Crippen LogP contribution is 2.17. The van der Waals surface area contributed by atoms with Crippen molar-refractivity contribution in [3.05, 3.63) is 53.6 Å². The Labute approximate surface area is 163 Å². The Kier molecular flexibility index (Phi) is 7.46. The molecule has 0 aromatic heterocycles. The number of ether oxygens (including phenoxy) is 2. The monoisotopic (exact) mass is 412 g/mol. The Morgan fingerprint density at radius 3 is 2.22 bits per heavy atom. The van der Waals surface area contributed by atoms with Crippen molar-refractivity contribution in [1.82, 2.24) is 10.0 Å². The quantitative estimate of drug-likeness (QED) is 0.616. The van der Waals surface area contributed by atoms with Crippen LogP contribution in [-0.2, 0) is 14.8 Å². The zero-order valence-corrected chi connectivity index (χ0v) is 16.5. The predicted molar refractivity (Wildman–Crippen MR) is 103 cm³/mol. The number of carbonyl (C=O) groups excluding carboxylic acids is 1. The summed E-state index contributed by atoms with van der Waals surface area (Å²) >= 11 is 5.79. The van der Waals surface area contributed by atoms with Gasteiger partial charge in [-0.2, -0.15) is 0 Å². The van der Waals surface area contributed by atoms with E-state index in [1.807, 2.05) is 0 Å². The lowest BCUT2D eigenvalue weighted by Crippen LogP contribution is -2.40. The molecule has 0 aliphatic carbocycles. The van der Waals surface area contributed by atoms with E-state index in [9.17, 15) is 13.2 Å². The van der Waals surface area contributed by atoms with Crippen LogP contribution in [0.4, 0.5) is 0 Å². The summed E-state index contributed by atoms with van der Waals surface area (Å²) in [5, 5.41) is 3.19. The zero-order chi connectivity index (χ0) is 19.9. The van der Waals surface area contributed by atoms with Gasteiger partial charge in [0.1, 0.15) is 11.5 Å². The Morgan fingerprint density at radius 1 is 1.04 bits per heavy atom. The number of benzene rings is 2. The van der Waals surface area contributed by atoms with Crippen LogP contribution < -0.4 is 19.5 Å². The van der Waals surface area contributed by atoms with Crippen LogP contribution in [0.2, 0.25) is 5.02 Å². The van der Waals surface area contributed by atoms with Crippen molar-refractivity contribution >= 4 is 27.5 Å². The predicted octanol–water partition coefficient (Wildman–Crippen LogP) is 2.21. The van der Waals surface area contributed by atoms with Gasteiger partial charge < -0.3 is 14.8 Å². The van der Waals surface area contributed by atoms with Gasteiger partial charge in [-0.1, -0.05) is 11.6 Å². The number of amides is 1. The first-order valence-electron chi connectivity index (χ1n) is 8.15. The van der Waals surface area contributed by atoms with Gasteiger partial charge in [-0.05, 0) is 55.5 Å². The first-order chi connectivity index (χ1) is 12.8. The average molecular weight is 413 g/mol. The number of nitrogens with one attached hydrogen (secondary N) is 2. The second-order valence-corrected chi connectivity index (χ2v) is 7.78. The van der Waals surface area contributed by atoms with Gasteiger partial charge >= 0.3 is 0 Å². The van der Waals surface area contributed by atoms with Crippen LogP contribution in [0.15, 0.2) is 53.4 Å². The Bertz CT molecular complexity index is 854. The molecule has 0 bridgehead atoms. The van der Waals surface area contributed by atoms with Gasteiger partial charge in [0.15, 0.2) is 6.10 Å². The van der Waals surface area contributed by atoms with Crippen molar-refractivity contribution in [2.75, 3.05) is 20.2 Å². The molecule has 27 heavy (non-hydrogen) atoms. The number of carbonyl (C=O) groups is 1. The highest BCUT2D eigenvalue weighted by molar-refractivity contribution is 7.89. The van der Waals surface area contributed by atoms with Crippen molar-refractivity contribution in [3.63, 3.8) is 0 Å². The largest absolute Gasteiger partial charge is 0.497 e. The molecule has 0 saturated heterocycles. The van der Waals surface area contributed by atoms with Crippen molar-refractivity contribution in [3.8, 4) is 11.5 Å². The minimum absolute atomic E-state index is 0.0494. The number of methoxy groups -OCH3 is 1. The number of rotatable bonds is 9. The lowest BCUT2D eigenvalue weighted by molar-refractivity contribution is -0.127. The van der Waals surface area contributed by atoms with E-state index < -0.39 is 16.1 Å². The van der Waals surface area contributed by atoms with E-state index in [1.54, 1.807) is 43.3 Å². The molecular formula is C18H21ClN2O5S. The molecule has 9 heteroatoms. The summed E-state index contributed by atoms with van der Waals surface area (Å²) in [4.78, 5) is 12.1. The molecule has 0 saturated carbocycles. The zero-order valence-electron chi connectivity index (χ0n) is 14.9. The molecule has 2 aromatic rings. The van der Waals surface area contributed by atoms with E-state index in [4.69, 9.17) is 21.1 Å². The van der Waals surface area contributed by atoms with Gasteiger partial charge in [0.05, 0.1) is 12.0 Å². The normalized spacial score (nSPS) is 12.3. The number of hydrogen-bond acceptors (Lipinski definition) is 5. The van der Waals surface area contributed by atoms with E-state index in [0.717, 1.165) is 0 Å². The molecule has 7 nitrogen and oxygen atoms in total. The smallest absolute Gasteiger partial charge is 0.260 e. The van der Waals surface area contributed by atoms with Crippen LogP contribution in [0.1, 0.15) is 6.92 Å². The topological polar surface area (TPSA) is 93.7 Å². The van der Waals surface area contributed by atoms with E-state index in [-0.39, 0.29) is 23.9 Å². The molecule has 0 radical (unpaired) electrons. The Morgan fingerprint density at radius 2 is 1.63 bits per heavy atom. The maximum Gasteiger partial charge on any atom is 0.260 e. The molecule has 2 rings (SSSR count). The second kappa shape index (κ2) is 9.59. The molecular weight excluding hydrogens is 392 g/mol. The fourth-order valence-corrected chi connectivity index (χ4v) is 3.28. The van der Waals surface area contributed by atoms with Gasteiger partial charge in [-0.3, -0.25) is 4.79 Å². The number of sulfonamides is 1. The van der Waals surface area contributed by atoms with Gasteiger partial charge in [-0.25, -0.2) is 13.1 Å². The molecule has 1 amide bonds. The third kappa shape index (κ3) is 6.42. The third-order valence-electron chi connectivity index (χ3n) is 3.58. The maximum absolute atomic E-state index is 12.2. The average Bonchev–Trinajstić information content (AvgIpc) is 2.67. The molecule has 0 fully saturated rings. The highest BCUT2D eigenvalue weighted by Gasteiger charge is 2.16. The van der Waals surface area contributed by atoms with E-state index >= 15 is 0 Å². The fraction of sp³-hybridized carbons (Fsp3) is 0.278. The summed E-state index contributed by atoms with van der Waals surface area (Å²) in [5.41, 5.74) is 0. The molecule has 1 unspecified atom stereocenters. The summed E-state index contributed by atoms with van der Waals surface area (Å²) < 4.78 is 37.3. The summed E-state index contributed by atoms with van der Waals surface area (Å²) in [6.07, 6.45) is -0.732. The molecule has 0 aliphatic heterocycles. The van der Waals surface area contributed by atoms with Crippen LogP contribution >= 0.6 is 11.6 Å². The van der Waals surface area contributed by atoms with Crippen LogP contribution in [0.5, 0.6) is 11.5 Å². The maximum atomic E-state index is 12.2. The molecule has 0 aliphatic rings. The van der Waals surface area contributed by atoms with Crippen molar-refractivity contribution in [1.29, 1.82) is 0 Å². The molecule has 0 spiro atoms. The lowest BCUT2D eigenvalue weighted by Gasteiger charge is -2.15. The fourth-order valence-electron chi connectivity index (χ4n) is 2.12. The number of hydrogen-bond donors (Lipinski definition) is 2. The van der Waals surface area contributed by atoms with E-state index in [1.165, 1.54) is 19.2 Å². The minimum Gasteiger partial charge on any atom is -0.497 e. The standard InChI is InChI=1S/C18H21ClN2O5S/c1-13(26-16-5-3-14(19)4-6-16)18(22)20-11-12-21-27(23,24)17-9-7-15(25-2)8-10-17/h3-10,13,21H,11-12H2,1-2H3,(H,20,22). The summed E-state index contributed by atoms with van der Waals surface area (Å²) in [6, 6.07) is 12.7. The Hall–Kier alpha value is -2.29. The van der Waals surface area contributed by atoms with Crippen molar-refractivity contribution in [2.24, 2.45) is 0 Å². The summed E-state index contributed by atoms with van der Waals surface area (Å²) in [6.45, 7) is 1.78. The van der Waals surface area contributed by atoms with Gasteiger partial charge in [-0.15, -0.1) is 0 Å².